The molecule has 0 saturated heterocycles. The predicted octanol–water partition coefficient (Wildman–Crippen LogP) is 7.69. The Kier molecular flexibility index (Phi) is 11.5. The van der Waals surface area contributed by atoms with Crippen LogP contribution in [0.3, 0.4) is 0 Å². The maximum atomic E-state index is 11.8. The van der Waals surface area contributed by atoms with Crippen LogP contribution in [0.5, 0.6) is 0 Å². The number of carbonyl (C=O) groups is 1. The van der Waals surface area contributed by atoms with Gasteiger partial charge in [-0.25, -0.2) is 0 Å². The standard InChI is InChI=1S/C23H38O/c1-4-7-9-10-11-12-13-15-20(14-8-5-2)21-16-18-22(19-17-21)23(24)6-3/h16-20H,4-15H2,1-3H3/t20-/m1/s1. The second-order valence-electron chi connectivity index (χ2n) is 7.15. The topological polar surface area (TPSA) is 17.1 Å². The van der Waals surface area contributed by atoms with Crippen molar-refractivity contribution in [3.05, 3.63) is 35.4 Å². The van der Waals surface area contributed by atoms with Gasteiger partial charge in [0.25, 0.3) is 0 Å². The van der Waals surface area contributed by atoms with Gasteiger partial charge in [-0.1, -0.05) is 103 Å². The summed E-state index contributed by atoms with van der Waals surface area (Å²) in [5.41, 5.74) is 2.30. The fourth-order valence-corrected chi connectivity index (χ4v) is 3.42. The highest BCUT2D eigenvalue weighted by Gasteiger charge is 2.12. The minimum absolute atomic E-state index is 0.249. The summed E-state index contributed by atoms with van der Waals surface area (Å²) in [5, 5.41) is 0. The molecular weight excluding hydrogens is 292 g/mol. The summed E-state index contributed by atoms with van der Waals surface area (Å²) in [5.74, 6) is 0.921. The molecule has 0 N–H and O–H groups in total. The van der Waals surface area contributed by atoms with Crippen molar-refractivity contribution >= 4 is 5.78 Å². The number of benzene rings is 1. The lowest BCUT2D eigenvalue weighted by molar-refractivity contribution is 0.0988. The molecule has 1 aromatic carbocycles. The molecule has 1 atom stereocenters. The number of hydrogen-bond acceptors (Lipinski definition) is 1. The van der Waals surface area contributed by atoms with Crippen LogP contribution in [-0.2, 0) is 0 Å². The lowest BCUT2D eigenvalue weighted by Crippen LogP contribution is -2.02. The van der Waals surface area contributed by atoms with Crippen molar-refractivity contribution in [2.45, 2.75) is 104 Å². The Balaban J connectivity index is 2.47. The van der Waals surface area contributed by atoms with Gasteiger partial charge in [-0.15, -0.1) is 0 Å². The molecule has 1 aromatic rings. The zero-order valence-corrected chi connectivity index (χ0v) is 16.3. The van der Waals surface area contributed by atoms with E-state index in [0.717, 1.165) is 5.56 Å². The first-order valence-corrected chi connectivity index (χ1v) is 10.4. The Morgan fingerprint density at radius 3 is 1.88 bits per heavy atom. The maximum absolute atomic E-state index is 11.8. The van der Waals surface area contributed by atoms with Gasteiger partial charge in [0, 0.05) is 12.0 Å². The summed E-state index contributed by atoms with van der Waals surface area (Å²) in [4.78, 5) is 11.8. The molecule has 1 rings (SSSR count). The first-order valence-electron chi connectivity index (χ1n) is 10.4. The Bertz CT molecular complexity index is 432. The molecule has 0 spiro atoms. The van der Waals surface area contributed by atoms with Crippen molar-refractivity contribution in [1.82, 2.24) is 0 Å². The highest BCUT2D eigenvalue weighted by Crippen LogP contribution is 2.28. The molecule has 0 saturated carbocycles. The van der Waals surface area contributed by atoms with Crippen LogP contribution in [0.1, 0.15) is 120 Å². The lowest BCUT2D eigenvalue weighted by Gasteiger charge is -2.17. The van der Waals surface area contributed by atoms with Gasteiger partial charge in [0.1, 0.15) is 0 Å². The van der Waals surface area contributed by atoms with Crippen LogP contribution in [0, 0.1) is 0 Å². The molecule has 0 aromatic heterocycles. The smallest absolute Gasteiger partial charge is 0.162 e. The molecule has 0 unspecified atom stereocenters. The van der Waals surface area contributed by atoms with Crippen LogP contribution in [0.2, 0.25) is 0 Å². The zero-order chi connectivity index (χ0) is 17.6. The third-order valence-electron chi connectivity index (χ3n) is 5.09. The zero-order valence-electron chi connectivity index (χ0n) is 16.3. The first-order chi connectivity index (χ1) is 11.7. The highest BCUT2D eigenvalue weighted by molar-refractivity contribution is 5.95. The van der Waals surface area contributed by atoms with E-state index in [-0.39, 0.29) is 5.78 Å². The van der Waals surface area contributed by atoms with Crippen LogP contribution >= 0.6 is 0 Å². The fraction of sp³-hybridized carbons (Fsp3) is 0.696. The van der Waals surface area contributed by atoms with Gasteiger partial charge in [0.05, 0.1) is 0 Å². The van der Waals surface area contributed by atoms with Crippen LogP contribution < -0.4 is 0 Å². The maximum Gasteiger partial charge on any atom is 0.162 e. The van der Waals surface area contributed by atoms with Crippen molar-refractivity contribution < 1.29 is 4.79 Å². The number of unbranched alkanes of at least 4 members (excludes halogenated alkanes) is 7. The van der Waals surface area contributed by atoms with Crippen LogP contribution in [0.25, 0.3) is 0 Å². The molecular formula is C23H38O. The average molecular weight is 331 g/mol. The van der Waals surface area contributed by atoms with E-state index in [2.05, 4.69) is 26.0 Å². The van der Waals surface area contributed by atoms with Gasteiger partial charge >= 0.3 is 0 Å². The molecule has 136 valence electrons. The summed E-state index contributed by atoms with van der Waals surface area (Å²) in [7, 11) is 0. The number of carbonyl (C=O) groups excluding carboxylic acids is 1. The van der Waals surface area contributed by atoms with E-state index in [4.69, 9.17) is 0 Å². The van der Waals surface area contributed by atoms with Crippen molar-refractivity contribution in [2.75, 3.05) is 0 Å². The van der Waals surface area contributed by atoms with Gasteiger partial charge in [-0.2, -0.15) is 0 Å². The second-order valence-corrected chi connectivity index (χ2v) is 7.15. The van der Waals surface area contributed by atoms with E-state index in [9.17, 15) is 4.79 Å². The van der Waals surface area contributed by atoms with Crippen molar-refractivity contribution in [1.29, 1.82) is 0 Å². The highest BCUT2D eigenvalue weighted by atomic mass is 16.1. The Hall–Kier alpha value is -1.11. The van der Waals surface area contributed by atoms with E-state index >= 15 is 0 Å². The molecule has 0 fully saturated rings. The second kappa shape index (κ2) is 13.2. The number of Topliss-reactive ketones (excluding diaryl/α,β-unsaturated/α-hetero) is 1. The third-order valence-corrected chi connectivity index (χ3v) is 5.09. The van der Waals surface area contributed by atoms with Gasteiger partial charge in [0.2, 0.25) is 0 Å². The molecule has 24 heavy (non-hydrogen) atoms. The van der Waals surface area contributed by atoms with E-state index in [1.807, 2.05) is 19.1 Å². The Morgan fingerprint density at radius 2 is 1.29 bits per heavy atom. The predicted molar refractivity (Wildman–Crippen MR) is 106 cm³/mol. The molecule has 0 aliphatic rings. The number of hydrogen-bond donors (Lipinski definition) is 0. The average Bonchev–Trinajstić information content (AvgIpc) is 2.63. The minimum atomic E-state index is 0.249. The SMILES string of the molecule is CCCCCCCCC[C@@H](CCCC)c1ccc(C(=O)CC)cc1. The molecule has 0 radical (unpaired) electrons. The molecule has 1 heteroatoms. The van der Waals surface area contributed by atoms with Gasteiger partial charge in [0.15, 0.2) is 5.78 Å². The Morgan fingerprint density at radius 1 is 0.750 bits per heavy atom. The summed E-state index contributed by atoms with van der Waals surface area (Å²) in [6.07, 6.45) is 15.4. The van der Waals surface area contributed by atoms with Crippen molar-refractivity contribution in [3.63, 3.8) is 0 Å². The van der Waals surface area contributed by atoms with Crippen molar-refractivity contribution in [3.8, 4) is 0 Å². The number of ketones is 1. The largest absolute Gasteiger partial charge is 0.294 e. The molecule has 0 heterocycles. The minimum Gasteiger partial charge on any atom is -0.294 e. The van der Waals surface area contributed by atoms with Gasteiger partial charge in [-0.3, -0.25) is 4.79 Å². The molecule has 0 aliphatic heterocycles. The molecule has 0 aliphatic carbocycles. The Labute approximate surface area is 150 Å². The van der Waals surface area contributed by atoms with Crippen molar-refractivity contribution in [2.24, 2.45) is 0 Å². The van der Waals surface area contributed by atoms with Crippen LogP contribution in [0.4, 0.5) is 0 Å². The monoisotopic (exact) mass is 330 g/mol. The van der Waals surface area contributed by atoms with E-state index < -0.39 is 0 Å². The number of rotatable bonds is 14. The van der Waals surface area contributed by atoms with Gasteiger partial charge in [-0.05, 0) is 24.3 Å². The first kappa shape index (κ1) is 20.9. The summed E-state index contributed by atoms with van der Waals surface area (Å²) in [6, 6.07) is 8.46. The molecule has 0 bridgehead atoms. The molecule has 1 nitrogen and oxygen atoms in total. The van der Waals surface area contributed by atoms with E-state index in [1.165, 1.54) is 76.2 Å². The summed E-state index contributed by atoms with van der Waals surface area (Å²) >= 11 is 0. The van der Waals surface area contributed by atoms with Gasteiger partial charge < -0.3 is 0 Å². The van der Waals surface area contributed by atoms with E-state index in [0.29, 0.717) is 12.3 Å². The normalized spacial score (nSPS) is 12.3. The molecule has 0 amide bonds. The third kappa shape index (κ3) is 8.13. The summed E-state index contributed by atoms with van der Waals surface area (Å²) in [6.45, 7) is 6.48. The quantitative estimate of drug-likeness (QED) is 0.252. The lowest BCUT2D eigenvalue weighted by atomic mass is 9.88. The van der Waals surface area contributed by atoms with E-state index in [1.54, 1.807) is 0 Å². The fourth-order valence-electron chi connectivity index (χ4n) is 3.42. The van der Waals surface area contributed by atoms with Crippen LogP contribution in [-0.4, -0.2) is 5.78 Å². The summed E-state index contributed by atoms with van der Waals surface area (Å²) < 4.78 is 0. The van der Waals surface area contributed by atoms with Crippen LogP contribution in [0.15, 0.2) is 24.3 Å².